The van der Waals surface area contributed by atoms with Crippen molar-refractivity contribution in [1.29, 1.82) is 0 Å². The van der Waals surface area contributed by atoms with Crippen molar-refractivity contribution in [1.82, 2.24) is 0 Å². The molecule has 0 unspecified atom stereocenters. The molecule has 0 aliphatic heterocycles. The highest BCUT2D eigenvalue weighted by molar-refractivity contribution is 6.37. The topological polar surface area (TPSA) is 0 Å². The Morgan fingerprint density at radius 3 is 2.25 bits per heavy atom. The second-order valence-electron chi connectivity index (χ2n) is 0.854. The van der Waals surface area contributed by atoms with Crippen molar-refractivity contribution in [3.05, 3.63) is 6.55 Å². The average Bonchev–Trinajstić information content (AvgIpc) is 1.37. The predicted octanol–water partition coefficient (Wildman–Crippen LogP) is 0.385. The maximum absolute atomic E-state index is 3.74. The number of rotatable bonds is 1. The first-order valence-corrected chi connectivity index (χ1v) is 3.71. The summed E-state index contributed by atoms with van der Waals surface area (Å²) in [6, 6.07) is 1.35. The molecule has 1 heteroatoms. The molecule has 0 aliphatic rings. The third kappa shape index (κ3) is 2.22. The molecular formula is C3H9Si. The normalized spacial score (nSPS) is 10.5. The van der Waals surface area contributed by atoms with E-state index >= 15 is 0 Å². The largest absolute Gasteiger partial charge is 0.0683 e. The second kappa shape index (κ2) is 3.22. The van der Waals surface area contributed by atoms with Gasteiger partial charge in [0.15, 0.2) is 0 Å². The molecule has 0 aliphatic carbocycles. The highest BCUT2D eigenvalue weighted by Crippen LogP contribution is 1.63. The Morgan fingerprint density at radius 1 is 2.00 bits per heavy atom. The first-order valence-electron chi connectivity index (χ1n) is 1.71. The Hall–Kier alpha value is 0.217. The molecule has 0 fully saturated rings. The second-order valence-corrected chi connectivity index (χ2v) is 2.56. The summed E-state index contributed by atoms with van der Waals surface area (Å²) in [4.78, 5) is 0. The van der Waals surface area contributed by atoms with Crippen LogP contribution in [0.2, 0.25) is 6.04 Å². The molecule has 0 aromatic rings. The van der Waals surface area contributed by atoms with Gasteiger partial charge in [0.05, 0.1) is 0 Å². The van der Waals surface area contributed by atoms with Crippen LogP contribution in [0.3, 0.4) is 0 Å². The zero-order valence-corrected chi connectivity index (χ0v) is 4.54. The van der Waals surface area contributed by atoms with E-state index in [-0.39, 0.29) is 9.52 Å². The summed E-state index contributed by atoms with van der Waals surface area (Å²) < 4.78 is 0. The zero-order valence-electron chi connectivity index (χ0n) is 3.12. The van der Waals surface area contributed by atoms with Crippen molar-refractivity contribution in [3.63, 3.8) is 0 Å². The Morgan fingerprint density at radius 2 is 2.25 bits per heavy atom. The summed E-state index contributed by atoms with van der Waals surface area (Å²) >= 11 is 0. The third-order valence-corrected chi connectivity index (χ3v) is 1.06. The van der Waals surface area contributed by atoms with Crippen molar-refractivity contribution in [2.75, 3.05) is 0 Å². The molecule has 1 radical (unpaired) electrons. The van der Waals surface area contributed by atoms with Gasteiger partial charge in [-0.1, -0.05) is 19.5 Å². The molecule has 0 N–H and O–H groups in total. The van der Waals surface area contributed by atoms with E-state index in [0.29, 0.717) is 0 Å². The molecule has 0 amide bonds. The van der Waals surface area contributed by atoms with Gasteiger partial charge in [0.2, 0.25) is 0 Å². The van der Waals surface area contributed by atoms with Crippen LogP contribution in [0.15, 0.2) is 0 Å². The Bertz CT molecular complexity index is 5.25. The molecule has 0 heterocycles. The summed E-state index contributed by atoms with van der Waals surface area (Å²) in [6.45, 7) is 5.92. The summed E-state index contributed by atoms with van der Waals surface area (Å²) in [6.07, 6.45) is 0. The molecule has 0 aromatic carbocycles. The number of hydrogen-bond acceptors (Lipinski definition) is 0. The van der Waals surface area contributed by atoms with E-state index in [1.807, 2.05) is 0 Å². The minimum Gasteiger partial charge on any atom is -0.0683 e. The quantitative estimate of drug-likeness (QED) is 0.394. The maximum Gasteiger partial charge on any atom is 0.0192 e. The van der Waals surface area contributed by atoms with Gasteiger partial charge in [-0.2, -0.15) is 0 Å². The smallest absolute Gasteiger partial charge is 0.0192 e. The van der Waals surface area contributed by atoms with E-state index in [1.165, 1.54) is 6.04 Å². The van der Waals surface area contributed by atoms with Gasteiger partial charge in [-0.05, 0) is 0 Å². The van der Waals surface area contributed by atoms with Gasteiger partial charge >= 0.3 is 0 Å². The van der Waals surface area contributed by atoms with Crippen LogP contribution < -0.4 is 0 Å². The van der Waals surface area contributed by atoms with Gasteiger partial charge in [-0.3, -0.25) is 0 Å². The Balaban J connectivity index is 1.97. The van der Waals surface area contributed by atoms with Gasteiger partial charge in [-0.15, -0.1) is 0 Å². The number of hydrogen-bond donors (Lipinski definition) is 0. The molecular weight excluding hydrogens is 64.1 g/mol. The zero-order chi connectivity index (χ0) is 3.41. The minimum atomic E-state index is 0.174. The van der Waals surface area contributed by atoms with Gasteiger partial charge in [0.1, 0.15) is 0 Å². The van der Waals surface area contributed by atoms with E-state index in [0.717, 1.165) is 0 Å². The van der Waals surface area contributed by atoms with Crippen LogP contribution >= 0.6 is 0 Å². The van der Waals surface area contributed by atoms with Gasteiger partial charge in [0.25, 0.3) is 0 Å². The lowest BCUT2D eigenvalue weighted by Crippen LogP contribution is -1.68. The summed E-state index contributed by atoms with van der Waals surface area (Å²) in [5.74, 6) is 0. The first kappa shape index (κ1) is 4.22. The van der Waals surface area contributed by atoms with Crippen LogP contribution in [0.5, 0.6) is 0 Å². The summed E-state index contributed by atoms with van der Waals surface area (Å²) in [7, 11) is 0.174. The van der Waals surface area contributed by atoms with Crippen molar-refractivity contribution in [2.45, 2.75) is 13.0 Å². The van der Waals surface area contributed by atoms with Crippen LogP contribution in [0, 0.1) is 6.55 Å². The van der Waals surface area contributed by atoms with Crippen LogP contribution in [0.4, 0.5) is 0 Å². The van der Waals surface area contributed by atoms with E-state index in [9.17, 15) is 0 Å². The van der Waals surface area contributed by atoms with E-state index in [1.54, 1.807) is 0 Å². The van der Waals surface area contributed by atoms with E-state index < -0.39 is 0 Å². The molecule has 4 heavy (non-hydrogen) atoms. The SMILES string of the molecule is [CH2][SiH2]CC. The third-order valence-electron chi connectivity index (χ3n) is 0.354. The van der Waals surface area contributed by atoms with E-state index in [4.69, 9.17) is 0 Å². The fourth-order valence-corrected chi connectivity index (χ4v) is 0. The fraction of sp³-hybridized carbons (Fsp3) is 0.667. The van der Waals surface area contributed by atoms with Crippen molar-refractivity contribution >= 4 is 9.52 Å². The highest BCUT2D eigenvalue weighted by atomic mass is 28.2. The Kier molecular flexibility index (Phi) is 3.39. The lowest BCUT2D eigenvalue weighted by molar-refractivity contribution is 1.46. The maximum atomic E-state index is 3.74. The van der Waals surface area contributed by atoms with Gasteiger partial charge in [-0.25, -0.2) is 0 Å². The van der Waals surface area contributed by atoms with Crippen LogP contribution in [0.1, 0.15) is 6.92 Å². The van der Waals surface area contributed by atoms with Crippen LogP contribution in [-0.2, 0) is 0 Å². The molecule has 0 aromatic heterocycles. The molecule has 0 saturated heterocycles. The molecule has 0 nitrogen and oxygen atoms in total. The van der Waals surface area contributed by atoms with Gasteiger partial charge in [0, 0.05) is 9.52 Å². The predicted molar refractivity (Wildman–Crippen MR) is 24.4 cm³/mol. The van der Waals surface area contributed by atoms with Crippen LogP contribution in [0.25, 0.3) is 0 Å². The lowest BCUT2D eigenvalue weighted by atomic mass is 11.0. The molecule has 0 atom stereocenters. The van der Waals surface area contributed by atoms with E-state index in [2.05, 4.69) is 13.5 Å². The van der Waals surface area contributed by atoms with Crippen molar-refractivity contribution in [3.8, 4) is 0 Å². The molecule has 0 bridgehead atoms. The summed E-state index contributed by atoms with van der Waals surface area (Å²) in [5.41, 5.74) is 0. The molecule has 0 spiro atoms. The highest BCUT2D eigenvalue weighted by Gasteiger charge is 1.58. The molecule has 0 rings (SSSR count). The minimum absolute atomic E-state index is 0.174. The molecule has 25 valence electrons. The lowest BCUT2D eigenvalue weighted by Gasteiger charge is -1.65. The standard InChI is InChI=1S/C3H9Si/c1-3-4-2/h2-4H2,1H3. The first-order chi connectivity index (χ1) is 1.91. The van der Waals surface area contributed by atoms with Crippen molar-refractivity contribution in [2.24, 2.45) is 0 Å². The fourth-order valence-electron chi connectivity index (χ4n) is 0. The summed E-state index contributed by atoms with van der Waals surface area (Å²) in [5, 5.41) is 0. The van der Waals surface area contributed by atoms with Crippen LogP contribution in [-0.4, -0.2) is 9.52 Å². The molecule has 0 saturated carbocycles. The average molecular weight is 73.2 g/mol. The van der Waals surface area contributed by atoms with Crippen molar-refractivity contribution < 1.29 is 0 Å². The Labute approximate surface area is 30.0 Å². The van der Waals surface area contributed by atoms with Gasteiger partial charge < -0.3 is 0 Å². The monoisotopic (exact) mass is 73.0 g/mol.